The van der Waals surface area contributed by atoms with Crippen LogP contribution in [-0.2, 0) is 6.42 Å². The summed E-state index contributed by atoms with van der Waals surface area (Å²) in [4.78, 5) is 19.8. The molecule has 0 aliphatic carbocycles. The molecule has 1 amide bonds. The molecule has 0 fully saturated rings. The van der Waals surface area contributed by atoms with Crippen molar-refractivity contribution in [3.05, 3.63) is 71.7 Å². The molecule has 1 unspecified atom stereocenters. The number of carbonyl (C=O) groups is 1. The average Bonchev–Trinajstić information content (AvgIpc) is 3.26. The number of nitrogens with zero attached hydrogens (tertiary/aromatic N) is 4. The Morgan fingerprint density at radius 1 is 1.16 bits per heavy atom. The number of nitrogens with one attached hydrogen (secondary N) is 1. The Morgan fingerprint density at radius 3 is 2.61 bits per heavy atom. The third-order valence-corrected chi connectivity index (χ3v) is 5.50. The molecular weight excluding hydrogens is 390 g/mol. The van der Waals surface area contributed by atoms with Gasteiger partial charge in [-0.3, -0.25) is 9.69 Å². The van der Waals surface area contributed by atoms with Gasteiger partial charge in [0.05, 0.1) is 30.6 Å². The maximum atomic E-state index is 13.1. The molecule has 1 N–H and O–H groups in total. The van der Waals surface area contributed by atoms with Gasteiger partial charge in [-0.05, 0) is 49.3 Å². The zero-order valence-corrected chi connectivity index (χ0v) is 18.7. The molecule has 0 bridgehead atoms. The number of carbonyl (C=O) groups excluding carboxylic acids is 1. The van der Waals surface area contributed by atoms with Gasteiger partial charge in [-0.1, -0.05) is 39.0 Å². The monoisotopic (exact) mass is 421 g/mol. The molecule has 7 heteroatoms. The lowest BCUT2D eigenvalue weighted by molar-refractivity contribution is 0.0934. The third-order valence-electron chi connectivity index (χ3n) is 5.50. The second kappa shape index (κ2) is 10.7. The quantitative estimate of drug-likeness (QED) is 0.541. The lowest BCUT2D eigenvalue weighted by Gasteiger charge is -2.30. The molecule has 0 radical (unpaired) electrons. The van der Waals surface area contributed by atoms with Gasteiger partial charge in [0.1, 0.15) is 5.75 Å². The molecule has 3 rings (SSSR count). The highest BCUT2D eigenvalue weighted by molar-refractivity contribution is 5.95. The van der Waals surface area contributed by atoms with Crippen molar-refractivity contribution in [2.45, 2.75) is 33.2 Å². The largest absolute Gasteiger partial charge is 0.497 e. The molecule has 31 heavy (non-hydrogen) atoms. The van der Waals surface area contributed by atoms with Crippen LogP contribution in [0.1, 0.15) is 48.4 Å². The van der Waals surface area contributed by atoms with E-state index in [-0.39, 0.29) is 11.9 Å². The first kappa shape index (κ1) is 22.5. The number of ether oxygens (including phenoxy) is 1. The number of hydrogen-bond acceptors (Lipinski definition) is 5. The lowest BCUT2D eigenvalue weighted by Crippen LogP contribution is -2.38. The van der Waals surface area contributed by atoms with Crippen molar-refractivity contribution in [3.8, 4) is 11.6 Å². The first-order valence-corrected chi connectivity index (χ1v) is 10.8. The van der Waals surface area contributed by atoms with E-state index in [1.165, 1.54) is 0 Å². The summed E-state index contributed by atoms with van der Waals surface area (Å²) in [6, 6.07) is 13.7. The molecule has 0 saturated heterocycles. The van der Waals surface area contributed by atoms with Crippen molar-refractivity contribution in [1.82, 2.24) is 25.0 Å². The number of aromatic nitrogens is 3. The highest BCUT2D eigenvalue weighted by atomic mass is 16.5. The zero-order valence-electron chi connectivity index (χ0n) is 18.7. The van der Waals surface area contributed by atoms with Gasteiger partial charge in [0.15, 0.2) is 5.82 Å². The van der Waals surface area contributed by atoms with Crippen LogP contribution in [0.15, 0.2) is 54.9 Å². The van der Waals surface area contributed by atoms with E-state index in [0.29, 0.717) is 24.3 Å². The Kier molecular flexibility index (Phi) is 7.78. The summed E-state index contributed by atoms with van der Waals surface area (Å²) in [6.07, 6.45) is 4.02. The molecule has 1 aromatic carbocycles. The summed E-state index contributed by atoms with van der Waals surface area (Å²) in [7, 11) is 1.67. The van der Waals surface area contributed by atoms with Crippen molar-refractivity contribution in [1.29, 1.82) is 0 Å². The van der Waals surface area contributed by atoms with E-state index in [1.54, 1.807) is 24.2 Å². The SMILES string of the molecule is CCc1c(C(=O)NCC(c2cccc(OC)c2)N(CC)CC)cnn1-c1ccccn1. The molecule has 0 aliphatic rings. The molecular formula is C24H31N5O2. The van der Waals surface area contributed by atoms with E-state index in [9.17, 15) is 4.79 Å². The summed E-state index contributed by atoms with van der Waals surface area (Å²) in [5, 5.41) is 7.55. The van der Waals surface area contributed by atoms with Crippen LogP contribution in [0.3, 0.4) is 0 Å². The minimum Gasteiger partial charge on any atom is -0.497 e. The number of rotatable bonds is 10. The minimum atomic E-state index is -0.126. The van der Waals surface area contributed by atoms with Gasteiger partial charge in [-0.15, -0.1) is 0 Å². The van der Waals surface area contributed by atoms with Crippen molar-refractivity contribution in [2.24, 2.45) is 0 Å². The molecule has 7 nitrogen and oxygen atoms in total. The van der Waals surface area contributed by atoms with Crippen LogP contribution in [0.25, 0.3) is 5.82 Å². The predicted octanol–water partition coefficient (Wildman–Crippen LogP) is 3.65. The summed E-state index contributed by atoms with van der Waals surface area (Å²) in [5.41, 5.74) is 2.54. The Bertz CT molecular complexity index is 983. The lowest BCUT2D eigenvalue weighted by atomic mass is 10.0. The molecule has 2 heterocycles. The molecule has 0 spiro atoms. The normalized spacial score (nSPS) is 12.0. The van der Waals surface area contributed by atoms with E-state index in [4.69, 9.17) is 4.74 Å². The van der Waals surface area contributed by atoms with Crippen LogP contribution in [0.2, 0.25) is 0 Å². The van der Waals surface area contributed by atoms with Gasteiger partial charge in [0.2, 0.25) is 0 Å². The molecule has 1 atom stereocenters. The fourth-order valence-electron chi connectivity index (χ4n) is 3.84. The van der Waals surface area contributed by atoms with Crippen LogP contribution in [0.4, 0.5) is 0 Å². The van der Waals surface area contributed by atoms with Crippen molar-refractivity contribution >= 4 is 5.91 Å². The van der Waals surface area contributed by atoms with E-state index < -0.39 is 0 Å². The number of hydrogen-bond donors (Lipinski definition) is 1. The summed E-state index contributed by atoms with van der Waals surface area (Å²) in [5.74, 6) is 1.39. The fraction of sp³-hybridized carbons (Fsp3) is 0.375. The first-order valence-electron chi connectivity index (χ1n) is 10.8. The third kappa shape index (κ3) is 5.11. The maximum absolute atomic E-state index is 13.1. The first-order chi connectivity index (χ1) is 15.1. The summed E-state index contributed by atoms with van der Waals surface area (Å²) in [6.45, 7) is 8.53. The average molecular weight is 422 g/mol. The molecule has 0 saturated carbocycles. The van der Waals surface area contributed by atoms with E-state index in [0.717, 1.165) is 30.1 Å². The minimum absolute atomic E-state index is 0.0463. The fourth-order valence-corrected chi connectivity index (χ4v) is 3.84. The molecule has 0 aliphatic heterocycles. The number of methoxy groups -OCH3 is 1. The van der Waals surface area contributed by atoms with Crippen molar-refractivity contribution in [3.63, 3.8) is 0 Å². The Balaban J connectivity index is 1.82. The van der Waals surface area contributed by atoms with E-state index in [2.05, 4.69) is 40.2 Å². The molecule has 2 aromatic heterocycles. The van der Waals surface area contributed by atoms with Crippen molar-refractivity contribution < 1.29 is 9.53 Å². The van der Waals surface area contributed by atoms with Gasteiger partial charge >= 0.3 is 0 Å². The Morgan fingerprint density at radius 2 is 1.97 bits per heavy atom. The standard InChI is InChI=1S/C24H31N5O2/c1-5-21-20(16-27-29(21)23-13-8-9-14-25-23)24(30)26-17-22(28(6-2)7-3)18-11-10-12-19(15-18)31-4/h8-16,22H,5-7,17H2,1-4H3,(H,26,30). The van der Waals surface area contributed by atoms with E-state index in [1.807, 2.05) is 43.3 Å². The van der Waals surface area contributed by atoms with E-state index >= 15 is 0 Å². The topological polar surface area (TPSA) is 72.3 Å². The number of benzene rings is 1. The Labute approximate surface area is 184 Å². The molecule has 3 aromatic rings. The number of likely N-dealkylation sites (N-methyl/N-ethyl adjacent to an activating group) is 1. The second-order valence-corrected chi connectivity index (χ2v) is 7.18. The van der Waals surface area contributed by atoms with Gasteiger partial charge in [-0.25, -0.2) is 9.67 Å². The van der Waals surface area contributed by atoms with Crippen LogP contribution >= 0.6 is 0 Å². The highest BCUT2D eigenvalue weighted by Gasteiger charge is 2.22. The predicted molar refractivity (Wildman–Crippen MR) is 122 cm³/mol. The summed E-state index contributed by atoms with van der Waals surface area (Å²) >= 11 is 0. The van der Waals surface area contributed by atoms with Crippen LogP contribution < -0.4 is 10.1 Å². The summed E-state index contributed by atoms with van der Waals surface area (Å²) < 4.78 is 7.13. The Hall–Kier alpha value is -3.19. The number of pyridine rings is 1. The van der Waals surface area contributed by atoms with Gasteiger partial charge in [0.25, 0.3) is 5.91 Å². The van der Waals surface area contributed by atoms with Crippen LogP contribution in [0.5, 0.6) is 5.75 Å². The zero-order chi connectivity index (χ0) is 22.2. The van der Waals surface area contributed by atoms with Gasteiger partial charge in [-0.2, -0.15) is 5.10 Å². The maximum Gasteiger partial charge on any atom is 0.254 e. The van der Waals surface area contributed by atoms with Crippen LogP contribution in [-0.4, -0.2) is 52.3 Å². The second-order valence-electron chi connectivity index (χ2n) is 7.18. The van der Waals surface area contributed by atoms with Gasteiger partial charge < -0.3 is 10.1 Å². The smallest absolute Gasteiger partial charge is 0.254 e. The van der Waals surface area contributed by atoms with Crippen molar-refractivity contribution in [2.75, 3.05) is 26.7 Å². The number of amides is 1. The van der Waals surface area contributed by atoms with Crippen LogP contribution in [0, 0.1) is 0 Å². The molecule has 164 valence electrons. The van der Waals surface area contributed by atoms with Gasteiger partial charge in [0, 0.05) is 12.7 Å². The highest BCUT2D eigenvalue weighted by Crippen LogP contribution is 2.24.